The number of likely N-dealkylation sites (tertiary alicyclic amines) is 1. The van der Waals surface area contributed by atoms with Gasteiger partial charge < -0.3 is 14.7 Å². The molecule has 0 aliphatic carbocycles. The van der Waals surface area contributed by atoms with E-state index in [9.17, 15) is 9.59 Å². The molecule has 0 spiro atoms. The number of hydrogen-bond donors (Lipinski definition) is 2. The van der Waals surface area contributed by atoms with Gasteiger partial charge in [-0.15, -0.1) is 0 Å². The minimum absolute atomic E-state index is 0.00612. The van der Waals surface area contributed by atoms with Crippen LogP contribution in [0.3, 0.4) is 0 Å². The maximum Gasteiger partial charge on any atom is 0.407 e. The first-order valence-electron chi connectivity index (χ1n) is 8.10. The van der Waals surface area contributed by atoms with Crippen LogP contribution in [0.15, 0.2) is 29.4 Å². The Labute approximate surface area is 140 Å². The fourth-order valence-corrected chi connectivity index (χ4v) is 3.10. The monoisotopic (exact) mass is 331 g/mol. The highest BCUT2D eigenvalue weighted by atomic mass is 16.5. The first-order valence-corrected chi connectivity index (χ1v) is 8.10. The maximum absolute atomic E-state index is 11.5. The van der Waals surface area contributed by atoms with E-state index >= 15 is 0 Å². The summed E-state index contributed by atoms with van der Waals surface area (Å²) in [5, 5.41) is 13.0. The molecule has 2 aliphatic heterocycles. The second kappa shape index (κ2) is 6.90. The van der Waals surface area contributed by atoms with E-state index in [1.165, 1.54) is 4.90 Å². The average Bonchev–Trinajstić information content (AvgIpc) is 2.58. The number of carbonyl (C=O) groups is 2. The molecule has 7 heteroatoms. The van der Waals surface area contributed by atoms with Gasteiger partial charge in [0.05, 0.1) is 0 Å². The molecule has 1 aromatic carbocycles. The molecule has 1 aromatic rings. The number of piperidine rings is 1. The third-order valence-corrected chi connectivity index (χ3v) is 4.55. The van der Waals surface area contributed by atoms with Crippen molar-refractivity contribution >= 4 is 17.7 Å². The van der Waals surface area contributed by atoms with Crippen LogP contribution in [0.5, 0.6) is 5.75 Å². The lowest BCUT2D eigenvalue weighted by Crippen LogP contribution is -2.41. The van der Waals surface area contributed by atoms with Crippen molar-refractivity contribution in [3.8, 4) is 5.75 Å². The van der Waals surface area contributed by atoms with Crippen molar-refractivity contribution in [2.45, 2.75) is 38.2 Å². The zero-order valence-corrected chi connectivity index (χ0v) is 13.6. The summed E-state index contributed by atoms with van der Waals surface area (Å²) in [6, 6.07) is 7.73. The number of amides is 2. The van der Waals surface area contributed by atoms with Gasteiger partial charge in [-0.05, 0) is 24.6 Å². The summed E-state index contributed by atoms with van der Waals surface area (Å²) in [6.07, 6.45) is 0.968. The van der Waals surface area contributed by atoms with Crippen LogP contribution in [-0.4, -0.2) is 46.9 Å². The Balaban J connectivity index is 1.59. The quantitative estimate of drug-likeness (QED) is 0.888. The van der Waals surface area contributed by atoms with Crippen LogP contribution < -0.4 is 10.2 Å². The molecular weight excluding hydrogens is 310 g/mol. The standard InChI is InChI=1S/C17H21N3O4/c1-11-15(10-16(21)19-18-11)12-2-4-13(5-3-12)24-14-6-8-20(9-7-14)17(22)23/h2-5,14-15H,6-10H2,1H3,(H,19,21)(H,22,23). The molecule has 0 bridgehead atoms. The molecular formula is C17H21N3O4. The number of hydrogen-bond acceptors (Lipinski definition) is 4. The summed E-state index contributed by atoms with van der Waals surface area (Å²) >= 11 is 0. The molecule has 3 rings (SSSR count). The summed E-state index contributed by atoms with van der Waals surface area (Å²) in [7, 11) is 0. The molecule has 1 fully saturated rings. The predicted octanol–water partition coefficient (Wildman–Crippen LogP) is 2.19. The molecule has 1 saturated heterocycles. The largest absolute Gasteiger partial charge is 0.490 e. The van der Waals surface area contributed by atoms with Gasteiger partial charge in [-0.2, -0.15) is 5.10 Å². The van der Waals surface area contributed by atoms with Crippen molar-refractivity contribution < 1.29 is 19.4 Å². The molecule has 0 aromatic heterocycles. The van der Waals surface area contributed by atoms with E-state index < -0.39 is 6.09 Å². The van der Waals surface area contributed by atoms with Crippen LogP contribution >= 0.6 is 0 Å². The zero-order chi connectivity index (χ0) is 17.1. The SMILES string of the molecule is CC1=NNC(=O)CC1c1ccc(OC2CCN(C(=O)O)CC2)cc1. The van der Waals surface area contributed by atoms with E-state index in [2.05, 4.69) is 10.5 Å². The van der Waals surface area contributed by atoms with Gasteiger partial charge >= 0.3 is 6.09 Å². The number of rotatable bonds is 3. The number of benzene rings is 1. The maximum atomic E-state index is 11.5. The number of carbonyl (C=O) groups excluding carboxylic acids is 1. The third-order valence-electron chi connectivity index (χ3n) is 4.55. The van der Waals surface area contributed by atoms with E-state index in [0.29, 0.717) is 32.4 Å². The Morgan fingerprint density at radius 3 is 2.58 bits per heavy atom. The number of ether oxygens (including phenoxy) is 1. The number of hydrazone groups is 1. The highest BCUT2D eigenvalue weighted by molar-refractivity contribution is 5.96. The first kappa shape index (κ1) is 16.3. The topological polar surface area (TPSA) is 91.2 Å². The van der Waals surface area contributed by atoms with Gasteiger partial charge in [0.25, 0.3) is 0 Å². The second-order valence-electron chi connectivity index (χ2n) is 6.20. The van der Waals surface area contributed by atoms with Crippen molar-refractivity contribution in [2.75, 3.05) is 13.1 Å². The fourth-order valence-electron chi connectivity index (χ4n) is 3.10. The molecule has 7 nitrogen and oxygen atoms in total. The van der Waals surface area contributed by atoms with E-state index in [1.54, 1.807) is 0 Å². The Kier molecular flexibility index (Phi) is 4.69. The van der Waals surface area contributed by atoms with Crippen LogP contribution in [-0.2, 0) is 4.79 Å². The minimum Gasteiger partial charge on any atom is -0.490 e. The van der Waals surface area contributed by atoms with Crippen molar-refractivity contribution in [3.05, 3.63) is 29.8 Å². The first-order chi connectivity index (χ1) is 11.5. The Bertz CT molecular complexity index is 648. The number of nitrogens with one attached hydrogen (secondary N) is 1. The Hall–Kier alpha value is -2.57. The number of carboxylic acid groups (broad SMARTS) is 1. The van der Waals surface area contributed by atoms with E-state index in [-0.39, 0.29) is 17.9 Å². The molecule has 0 saturated carbocycles. The smallest absolute Gasteiger partial charge is 0.407 e. The van der Waals surface area contributed by atoms with Crippen molar-refractivity contribution in [1.82, 2.24) is 10.3 Å². The Morgan fingerprint density at radius 1 is 1.29 bits per heavy atom. The summed E-state index contributed by atoms with van der Waals surface area (Å²) in [4.78, 5) is 23.8. The number of nitrogens with zero attached hydrogens (tertiary/aromatic N) is 2. The third kappa shape index (κ3) is 3.67. The van der Waals surface area contributed by atoms with E-state index in [4.69, 9.17) is 9.84 Å². The molecule has 0 radical (unpaired) electrons. The van der Waals surface area contributed by atoms with Gasteiger partial charge in [0.1, 0.15) is 11.9 Å². The van der Waals surface area contributed by atoms with Crippen molar-refractivity contribution in [1.29, 1.82) is 0 Å². The normalized spacial score (nSPS) is 21.9. The van der Waals surface area contributed by atoms with Gasteiger partial charge in [-0.1, -0.05) is 12.1 Å². The molecule has 2 heterocycles. The summed E-state index contributed by atoms with van der Waals surface area (Å²) in [6.45, 7) is 2.92. The van der Waals surface area contributed by atoms with Crippen molar-refractivity contribution in [2.24, 2.45) is 5.10 Å². The molecule has 128 valence electrons. The average molecular weight is 331 g/mol. The lowest BCUT2D eigenvalue weighted by Gasteiger charge is -2.30. The second-order valence-corrected chi connectivity index (χ2v) is 6.20. The van der Waals surface area contributed by atoms with E-state index in [1.807, 2.05) is 31.2 Å². The van der Waals surface area contributed by atoms with Crippen molar-refractivity contribution in [3.63, 3.8) is 0 Å². The van der Waals surface area contributed by atoms with Crippen LogP contribution in [0.2, 0.25) is 0 Å². The van der Waals surface area contributed by atoms with Crippen LogP contribution in [0, 0.1) is 0 Å². The summed E-state index contributed by atoms with van der Waals surface area (Å²) in [5.41, 5.74) is 4.42. The Morgan fingerprint density at radius 2 is 1.96 bits per heavy atom. The summed E-state index contributed by atoms with van der Waals surface area (Å²) in [5.74, 6) is 0.699. The van der Waals surface area contributed by atoms with Gasteiger partial charge in [-0.25, -0.2) is 10.2 Å². The van der Waals surface area contributed by atoms with Crippen LogP contribution in [0.25, 0.3) is 0 Å². The highest BCUT2D eigenvalue weighted by Crippen LogP contribution is 2.27. The molecule has 1 unspecified atom stereocenters. The molecule has 1 atom stereocenters. The lowest BCUT2D eigenvalue weighted by atomic mass is 9.90. The fraction of sp³-hybridized carbons (Fsp3) is 0.471. The highest BCUT2D eigenvalue weighted by Gasteiger charge is 2.25. The van der Waals surface area contributed by atoms with E-state index in [0.717, 1.165) is 17.0 Å². The zero-order valence-electron chi connectivity index (χ0n) is 13.6. The molecule has 2 amide bonds. The molecule has 2 aliphatic rings. The molecule has 24 heavy (non-hydrogen) atoms. The van der Waals surface area contributed by atoms with Crippen LogP contribution in [0.4, 0.5) is 4.79 Å². The van der Waals surface area contributed by atoms with Gasteiger partial charge in [0.2, 0.25) is 5.91 Å². The van der Waals surface area contributed by atoms with Gasteiger partial charge in [0, 0.05) is 44.0 Å². The van der Waals surface area contributed by atoms with Gasteiger partial charge in [0.15, 0.2) is 0 Å². The lowest BCUT2D eigenvalue weighted by molar-refractivity contribution is -0.121. The minimum atomic E-state index is -0.869. The van der Waals surface area contributed by atoms with Gasteiger partial charge in [-0.3, -0.25) is 4.79 Å². The predicted molar refractivity (Wildman–Crippen MR) is 88.3 cm³/mol. The van der Waals surface area contributed by atoms with Crippen LogP contribution in [0.1, 0.15) is 37.7 Å². The summed E-state index contributed by atoms with van der Waals surface area (Å²) < 4.78 is 5.94. The molecule has 2 N–H and O–H groups in total.